The summed E-state index contributed by atoms with van der Waals surface area (Å²) in [7, 11) is 0. The van der Waals surface area contributed by atoms with E-state index in [-0.39, 0.29) is 0 Å². The van der Waals surface area contributed by atoms with Gasteiger partial charge in [0, 0.05) is 24.7 Å². The quantitative estimate of drug-likeness (QED) is 0.790. The van der Waals surface area contributed by atoms with Crippen molar-refractivity contribution in [1.82, 2.24) is 9.38 Å². The maximum Gasteiger partial charge on any atom is 0.195 e. The molecule has 6 heteroatoms. The number of rotatable bonds is 2. The van der Waals surface area contributed by atoms with Gasteiger partial charge in [0.05, 0.1) is 18.0 Å². The number of hydrogen-bond donors (Lipinski definition) is 1. The minimum absolute atomic E-state index is 0.465. The van der Waals surface area contributed by atoms with E-state index in [0.29, 0.717) is 6.54 Å². The molecule has 3 aromatic rings. The second-order valence-corrected chi connectivity index (χ2v) is 5.84. The molecule has 0 saturated carbocycles. The van der Waals surface area contributed by atoms with Crippen molar-refractivity contribution >= 4 is 27.8 Å². The molecule has 0 atom stereocenters. The number of imidazole rings is 1. The van der Waals surface area contributed by atoms with Crippen molar-refractivity contribution in [2.45, 2.75) is 13.0 Å². The Balaban J connectivity index is 1.89. The minimum Gasteiger partial charge on any atom is -0.491 e. The standard InChI is InChI=1S/C15H16N4OS/c16-10-12-14(17-15-19(12)7-9-21-15)18-6-3-8-20-13-5-2-1-4-11(13)18/h1-2,4-5,7,9H,3,6,8,10,16H2. The third kappa shape index (κ3) is 1.99. The second kappa shape index (κ2) is 5.05. The predicted octanol–water partition coefficient (Wildman–Crippen LogP) is 2.78. The summed E-state index contributed by atoms with van der Waals surface area (Å²) in [5.41, 5.74) is 8.08. The maximum atomic E-state index is 5.97. The number of nitrogens with two attached hydrogens (primary N) is 1. The zero-order chi connectivity index (χ0) is 14.2. The Morgan fingerprint density at radius 2 is 2.24 bits per heavy atom. The van der Waals surface area contributed by atoms with E-state index in [1.165, 1.54) is 0 Å². The summed E-state index contributed by atoms with van der Waals surface area (Å²) in [6, 6.07) is 8.11. The average molecular weight is 300 g/mol. The minimum atomic E-state index is 0.465. The third-order valence-corrected chi connectivity index (χ3v) is 4.49. The highest BCUT2D eigenvalue weighted by Crippen LogP contribution is 2.37. The lowest BCUT2D eigenvalue weighted by Gasteiger charge is -2.22. The molecule has 0 amide bonds. The van der Waals surface area contributed by atoms with Crippen molar-refractivity contribution in [2.24, 2.45) is 5.73 Å². The fraction of sp³-hybridized carbons (Fsp3) is 0.267. The molecule has 1 aliphatic rings. The van der Waals surface area contributed by atoms with Crippen LogP contribution >= 0.6 is 11.3 Å². The Morgan fingerprint density at radius 1 is 1.33 bits per heavy atom. The third-order valence-electron chi connectivity index (χ3n) is 3.73. The molecule has 2 aromatic heterocycles. The highest BCUT2D eigenvalue weighted by atomic mass is 32.1. The molecular weight excluding hydrogens is 284 g/mol. The average Bonchev–Trinajstić information content (AvgIpc) is 3.02. The van der Waals surface area contributed by atoms with Crippen molar-refractivity contribution < 1.29 is 4.74 Å². The highest BCUT2D eigenvalue weighted by Gasteiger charge is 2.23. The van der Waals surface area contributed by atoms with Crippen LogP contribution in [0.25, 0.3) is 4.96 Å². The van der Waals surface area contributed by atoms with Gasteiger partial charge in [0.2, 0.25) is 0 Å². The molecule has 0 saturated heterocycles. The number of aromatic nitrogens is 2. The topological polar surface area (TPSA) is 55.8 Å². The van der Waals surface area contributed by atoms with Crippen LogP contribution in [-0.4, -0.2) is 22.5 Å². The molecule has 0 fully saturated rings. The van der Waals surface area contributed by atoms with E-state index in [4.69, 9.17) is 15.5 Å². The normalized spacial score (nSPS) is 14.8. The van der Waals surface area contributed by atoms with Crippen molar-refractivity contribution in [1.29, 1.82) is 0 Å². The van der Waals surface area contributed by atoms with Crippen molar-refractivity contribution in [3.05, 3.63) is 41.5 Å². The first-order chi connectivity index (χ1) is 10.4. The van der Waals surface area contributed by atoms with Gasteiger partial charge in [0.15, 0.2) is 10.8 Å². The van der Waals surface area contributed by atoms with Crippen molar-refractivity contribution in [2.75, 3.05) is 18.1 Å². The number of ether oxygens (including phenoxy) is 1. The van der Waals surface area contributed by atoms with Gasteiger partial charge >= 0.3 is 0 Å². The summed E-state index contributed by atoms with van der Waals surface area (Å²) >= 11 is 1.63. The molecule has 1 aromatic carbocycles. The smallest absolute Gasteiger partial charge is 0.195 e. The van der Waals surface area contributed by atoms with Crippen LogP contribution in [0.4, 0.5) is 11.5 Å². The molecule has 0 spiro atoms. The van der Waals surface area contributed by atoms with Crippen LogP contribution in [-0.2, 0) is 6.54 Å². The van der Waals surface area contributed by atoms with Crippen LogP contribution in [0.2, 0.25) is 0 Å². The largest absolute Gasteiger partial charge is 0.491 e. The van der Waals surface area contributed by atoms with Gasteiger partial charge in [-0.3, -0.25) is 4.40 Å². The van der Waals surface area contributed by atoms with Crippen molar-refractivity contribution in [3.63, 3.8) is 0 Å². The molecule has 0 bridgehead atoms. The number of para-hydroxylation sites is 2. The van der Waals surface area contributed by atoms with Crippen LogP contribution in [0.1, 0.15) is 12.1 Å². The Kier molecular flexibility index (Phi) is 3.05. The number of hydrogen-bond acceptors (Lipinski definition) is 5. The van der Waals surface area contributed by atoms with Crippen LogP contribution in [0.5, 0.6) is 5.75 Å². The summed E-state index contributed by atoms with van der Waals surface area (Å²) in [6.45, 7) is 2.08. The SMILES string of the molecule is NCc1c(N2CCCOc3ccccc32)nc2sccn12. The number of benzene rings is 1. The highest BCUT2D eigenvalue weighted by molar-refractivity contribution is 7.15. The fourth-order valence-electron chi connectivity index (χ4n) is 2.77. The lowest BCUT2D eigenvalue weighted by Crippen LogP contribution is -2.20. The molecule has 5 nitrogen and oxygen atoms in total. The molecular formula is C15H16N4OS. The van der Waals surface area contributed by atoms with E-state index >= 15 is 0 Å². The summed E-state index contributed by atoms with van der Waals surface area (Å²) in [4.78, 5) is 7.99. The zero-order valence-corrected chi connectivity index (χ0v) is 12.3. The van der Waals surface area contributed by atoms with Crippen LogP contribution in [0, 0.1) is 0 Å². The number of fused-ring (bicyclic) bond motifs is 2. The first-order valence-corrected chi connectivity index (χ1v) is 7.90. The molecule has 1 aliphatic heterocycles. The first kappa shape index (κ1) is 12.7. The summed E-state index contributed by atoms with van der Waals surface area (Å²) in [5.74, 6) is 1.86. The van der Waals surface area contributed by atoms with Crippen molar-refractivity contribution in [3.8, 4) is 5.75 Å². The van der Waals surface area contributed by atoms with E-state index < -0.39 is 0 Å². The van der Waals surface area contributed by atoms with Gasteiger partial charge in [-0.15, -0.1) is 11.3 Å². The number of nitrogens with zero attached hydrogens (tertiary/aromatic N) is 3. The van der Waals surface area contributed by atoms with Gasteiger partial charge in [-0.25, -0.2) is 4.98 Å². The molecule has 108 valence electrons. The Hall–Kier alpha value is -2.05. The monoisotopic (exact) mass is 300 g/mol. The van der Waals surface area contributed by atoms with E-state index in [1.54, 1.807) is 11.3 Å². The molecule has 4 rings (SSSR count). The number of thiazole rings is 1. The van der Waals surface area contributed by atoms with E-state index in [1.807, 2.05) is 29.8 Å². The van der Waals surface area contributed by atoms with E-state index in [2.05, 4.69) is 15.4 Å². The van der Waals surface area contributed by atoms with Crippen LogP contribution in [0.3, 0.4) is 0 Å². The van der Waals surface area contributed by atoms with Gasteiger partial charge in [-0.2, -0.15) is 0 Å². The van der Waals surface area contributed by atoms with Crippen LogP contribution < -0.4 is 15.4 Å². The molecule has 0 aliphatic carbocycles. The van der Waals surface area contributed by atoms with Gasteiger partial charge in [0.25, 0.3) is 0 Å². The molecule has 0 unspecified atom stereocenters. The van der Waals surface area contributed by atoms with Gasteiger partial charge in [-0.1, -0.05) is 12.1 Å². The fourth-order valence-corrected chi connectivity index (χ4v) is 3.50. The lowest BCUT2D eigenvalue weighted by molar-refractivity contribution is 0.322. The Labute approximate surface area is 126 Å². The summed E-state index contributed by atoms with van der Waals surface area (Å²) < 4.78 is 7.90. The summed E-state index contributed by atoms with van der Waals surface area (Å²) in [6.07, 6.45) is 2.99. The van der Waals surface area contributed by atoms with Gasteiger partial charge < -0.3 is 15.4 Å². The van der Waals surface area contributed by atoms with Gasteiger partial charge in [0.1, 0.15) is 5.75 Å². The van der Waals surface area contributed by atoms with E-state index in [0.717, 1.165) is 47.5 Å². The van der Waals surface area contributed by atoms with E-state index in [9.17, 15) is 0 Å². The molecule has 3 heterocycles. The van der Waals surface area contributed by atoms with Crippen LogP contribution in [0.15, 0.2) is 35.8 Å². The Bertz CT molecular complexity index is 779. The molecule has 2 N–H and O–H groups in total. The second-order valence-electron chi connectivity index (χ2n) is 4.96. The Morgan fingerprint density at radius 3 is 3.14 bits per heavy atom. The predicted molar refractivity (Wildman–Crippen MR) is 84.5 cm³/mol. The number of anilines is 2. The first-order valence-electron chi connectivity index (χ1n) is 7.02. The summed E-state index contributed by atoms with van der Waals surface area (Å²) in [5, 5.41) is 2.03. The lowest BCUT2D eigenvalue weighted by atomic mass is 10.2. The molecule has 21 heavy (non-hydrogen) atoms. The molecule has 0 radical (unpaired) electrons. The van der Waals surface area contributed by atoms with Gasteiger partial charge in [-0.05, 0) is 18.6 Å². The maximum absolute atomic E-state index is 5.97. The zero-order valence-electron chi connectivity index (χ0n) is 11.5.